The van der Waals surface area contributed by atoms with E-state index in [9.17, 15) is 15.0 Å². The maximum Gasteiger partial charge on any atom is 0.339 e. The van der Waals surface area contributed by atoms with Gasteiger partial charge in [0, 0.05) is 0 Å². The van der Waals surface area contributed by atoms with Crippen LogP contribution in [0.15, 0.2) is 84.9 Å². The van der Waals surface area contributed by atoms with E-state index in [-0.39, 0.29) is 17.9 Å². The number of rotatable bonds is 5. The van der Waals surface area contributed by atoms with Crippen LogP contribution < -0.4 is 4.74 Å². The summed E-state index contributed by atoms with van der Waals surface area (Å²) in [6.07, 6.45) is 0. The van der Waals surface area contributed by atoms with Gasteiger partial charge in [-0.25, -0.2) is 4.79 Å². The summed E-state index contributed by atoms with van der Waals surface area (Å²) in [6.45, 7) is 0.265. The Hall–Kier alpha value is -3.79. The minimum Gasteiger partial charge on any atom is -0.508 e. The van der Waals surface area contributed by atoms with Gasteiger partial charge in [-0.3, -0.25) is 0 Å². The highest BCUT2D eigenvalue weighted by atomic mass is 16.5. The molecule has 138 valence electrons. The summed E-state index contributed by atoms with van der Waals surface area (Å²) in [4.78, 5) is 11.6. The predicted molar refractivity (Wildman–Crippen MR) is 109 cm³/mol. The van der Waals surface area contributed by atoms with E-state index in [0.717, 1.165) is 27.5 Å². The van der Waals surface area contributed by atoms with Crippen LogP contribution in [0, 0.1) is 0 Å². The van der Waals surface area contributed by atoms with Crippen molar-refractivity contribution in [1.29, 1.82) is 0 Å². The summed E-state index contributed by atoms with van der Waals surface area (Å²) in [5.41, 5.74) is 2.79. The Morgan fingerprint density at radius 1 is 0.821 bits per heavy atom. The van der Waals surface area contributed by atoms with E-state index in [1.165, 1.54) is 0 Å². The van der Waals surface area contributed by atoms with Crippen molar-refractivity contribution < 1.29 is 19.7 Å². The van der Waals surface area contributed by atoms with Gasteiger partial charge in [-0.05, 0) is 51.7 Å². The van der Waals surface area contributed by atoms with Gasteiger partial charge in [-0.1, -0.05) is 60.7 Å². The summed E-state index contributed by atoms with van der Waals surface area (Å²) in [6, 6.07) is 25.7. The lowest BCUT2D eigenvalue weighted by molar-refractivity contribution is 0.0692. The molecule has 0 bridgehead atoms. The maximum atomic E-state index is 11.6. The fourth-order valence-electron chi connectivity index (χ4n) is 3.23. The number of benzene rings is 4. The van der Waals surface area contributed by atoms with Crippen LogP contribution in [0.4, 0.5) is 0 Å². The first-order valence-corrected chi connectivity index (χ1v) is 8.88. The van der Waals surface area contributed by atoms with Crippen LogP contribution in [0.25, 0.3) is 21.9 Å². The van der Waals surface area contributed by atoms with E-state index in [2.05, 4.69) is 0 Å². The van der Waals surface area contributed by atoms with Gasteiger partial charge in [0.05, 0.1) is 0 Å². The number of ether oxygens (including phenoxy) is 1. The van der Waals surface area contributed by atoms with Crippen LogP contribution in [0.3, 0.4) is 0 Å². The number of fused-ring (bicyclic) bond motifs is 1. The Labute approximate surface area is 162 Å². The lowest BCUT2D eigenvalue weighted by Crippen LogP contribution is -2.04. The number of carboxylic acids is 1. The molecule has 0 aliphatic carbocycles. The molecule has 4 rings (SSSR count). The number of hydrogen-bond acceptors (Lipinski definition) is 3. The van der Waals surface area contributed by atoms with Crippen molar-refractivity contribution in [2.75, 3.05) is 0 Å². The summed E-state index contributed by atoms with van der Waals surface area (Å²) in [5.74, 6) is -0.547. The zero-order valence-corrected chi connectivity index (χ0v) is 15.0. The molecule has 0 atom stereocenters. The number of aromatic hydroxyl groups is 1. The molecule has 0 saturated carbocycles. The van der Waals surface area contributed by atoms with Crippen molar-refractivity contribution in [3.05, 3.63) is 96.1 Å². The van der Waals surface area contributed by atoms with E-state index in [1.54, 1.807) is 42.5 Å². The second-order valence-corrected chi connectivity index (χ2v) is 6.49. The Morgan fingerprint density at radius 2 is 1.54 bits per heavy atom. The van der Waals surface area contributed by atoms with Crippen LogP contribution in [-0.2, 0) is 6.61 Å². The third kappa shape index (κ3) is 3.53. The van der Waals surface area contributed by atoms with Gasteiger partial charge in [0.1, 0.15) is 23.7 Å². The minimum atomic E-state index is -1.04. The SMILES string of the molecule is O=C(O)c1ccc(-c2ccc(O)cc2)cc1OCc1cccc2ccccc12. The molecule has 0 spiro atoms. The minimum absolute atomic E-state index is 0.114. The van der Waals surface area contributed by atoms with Gasteiger partial charge in [-0.2, -0.15) is 0 Å². The highest BCUT2D eigenvalue weighted by Gasteiger charge is 2.14. The number of carbonyl (C=O) groups is 1. The maximum absolute atomic E-state index is 11.6. The zero-order valence-electron chi connectivity index (χ0n) is 15.0. The first-order valence-electron chi connectivity index (χ1n) is 8.88. The Morgan fingerprint density at radius 3 is 2.32 bits per heavy atom. The number of phenols is 1. The fraction of sp³-hybridized carbons (Fsp3) is 0.0417. The Balaban J connectivity index is 1.68. The molecule has 28 heavy (non-hydrogen) atoms. The summed E-state index contributed by atoms with van der Waals surface area (Å²) in [5, 5.41) is 21.2. The molecule has 0 amide bonds. The third-order valence-electron chi connectivity index (χ3n) is 4.68. The van der Waals surface area contributed by atoms with Crippen molar-refractivity contribution in [2.24, 2.45) is 0 Å². The summed E-state index contributed by atoms with van der Waals surface area (Å²) >= 11 is 0. The molecule has 0 aliphatic heterocycles. The molecule has 4 aromatic rings. The van der Waals surface area contributed by atoms with Gasteiger partial charge >= 0.3 is 5.97 Å². The Kier molecular flexibility index (Phi) is 4.68. The molecule has 0 unspecified atom stereocenters. The first-order chi connectivity index (χ1) is 13.6. The zero-order chi connectivity index (χ0) is 19.5. The van der Waals surface area contributed by atoms with E-state index in [0.29, 0.717) is 5.75 Å². The van der Waals surface area contributed by atoms with Crippen LogP contribution in [0.2, 0.25) is 0 Å². The van der Waals surface area contributed by atoms with E-state index < -0.39 is 5.97 Å². The lowest BCUT2D eigenvalue weighted by Gasteiger charge is -2.13. The van der Waals surface area contributed by atoms with Gasteiger partial charge in [0.25, 0.3) is 0 Å². The molecular formula is C24H18O4. The van der Waals surface area contributed by atoms with Crippen molar-refractivity contribution in [2.45, 2.75) is 6.61 Å². The fourth-order valence-corrected chi connectivity index (χ4v) is 3.23. The quantitative estimate of drug-likeness (QED) is 0.487. The molecule has 0 heterocycles. The molecular weight excluding hydrogens is 352 g/mol. The van der Waals surface area contributed by atoms with Gasteiger partial charge < -0.3 is 14.9 Å². The highest BCUT2D eigenvalue weighted by molar-refractivity contribution is 5.92. The Bertz CT molecular complexity index is 1140. The van der Waals surface area contributed by atoms with E-state index in [1.807, 2.05) is 42.5 Å². The number of carboxylic acid groups (broad SMARTS) is 1. The topological polar surface area (TPSA) is 66.8 Å². The number of phenolic OH excluding ortho intramolecular Hbond substituents is 1. The van der Waals surface area contributed by atoms with Crippen molar-refractivity contribution >= 4 is 16.7 Å². The largest absolute Gasteiger partial charge is 0.508 e. The smallest absolute Gasteiger partial charge is 0.339 e. The van der Waals surface area contributed by atoms with Gasteiger partial charge in [-0.15, -0.1) is 0 Å². The molecule has 0 radical (unpaired) electrons. The monoisotopic (exact) mass is 370 g/mol. The molecule has 0 saturated heterocycles. The normalized spacial score (nSPS) is 10.7. The molecule has 0 aromatic heterocycles. The first kappa shape index (κ1) is 17.6. The van der Waals surface area contributed by atoms with Crippen LogP contribution in [0.1, 0.15) is 15.9 Å². The summed E-state index contributed by atoms with van der Waals surface area (Å²) < 4.78 is 5.95. The van der Waals surface area contributed by atoms with Crippen LogP contribution in [-0.4, -0.2) is 16.2 Å². The molecule has 2 N–H and O–H groups in total. The molecule has 4 heteroatoms. The van der Waals surface area contributed by atoms with Crippen molar-refractivity contribution in [3.8, 4) is 22.6 Å². The molecule has 4 nitrogen and oxygen atoms in total. The van der Waals surface area contributed by atoms with E-state index >= 15 is 0 Å². The standard InChI is InChI=1S/C24H18O4/c25-20-11-8-16(9-12-20)18-10-13-22(24(26)27)23(14-18)28-15-19-6-3-5-17-4-1-2-7-21(17)19/h1-14,25H,15H2,(H,26,27). The lowest BCUT2D eigenvalue weighted by atomic mass is 10.0. The number of aromatic carboxylic acids is 1. The third-order valence-corrected chi connectivity index (χ3v) is 4.68. The average Bonchev–Trinajstić information content (AvgIpc) is 2.72. The summed E-state index contributed by atoms with van der Waals surface area (Å²) in [7, 11) is 0. The van der Waals surface area contributed by atoms with E-state index in [4.69, 9.17) is 4.74 Å². The van der Waals surface area contributed by atoms with Gasteiger partial charge in [0.15, 0.2) is 0 Å². The molecule has 4 aromatic carbocycles. The second-order valence-electron chi connectivity index (χ2n) is 6.49. The van der Waals surface area contributed by atoms with Crippen molar-refractivity contribution in [1.82, 2.24) is 0 Å². The molecule has 0 aliphatic rings. The highest BCUT2D eigenvalue weighted by Crippen LogP contribution is 2.30. The second kappa shape index (κ2) is 7.45. The molecule has 0 fully saturated rings. The van der Waals surface area contributed by atoms with Crippen LogP contribution in [0.5, 0.6) is 11.5 Å². The predicted octanol–water partition coefficient (Wildman–Crippen LogP) is 5.49. The number of hydrogen-bond donors (Lipinski definition) is 2. The van der Waals surface area contributed by atoms with Crippen LogP contribution >= 0.6 is 0 Å². The average molecular weight is 370 g/mol. The van der Waals surface area contributed by atoms with Crippen molar-refractivity contribution in [3.63, 3.8) is 0 Å². The van der Waals surface area contributed by atoms with Gasteiger partial charge in [0.2, 0.25) is 0 Å².